The van der Waals surface area contributed by atoms with E-state index in [0.29, 0.717) is 25.2 Å². The van der Waals surface area contributed by atoms with Crippen molar-refractivity contribution in [2.24, 2.45) is 0 Å². The van der Waals surface area contributed by atoms with Crippen LogP contribution < -0.4 is 5.32 Å². The van der Waals surface area contributed by atoms with Crippen LogP contribution in [0.4, 0.5) is 0 Å². The lowest BCUT2D eigenvalue weighted by Crippen LogP contribution is -2.36. The zero-order valence-electron chi connectivity index (χ0n) is 16.0. The van der Waals surface area contributed by atoms with E-state index in [1.165, 1.54) is 25.9 Å². The Hall–Kier alpha value is -1.44. The maximum Gasteiger partial charge on any atom is 0.251 e. The molecular formula is C20H31N3O3S. The van der Waals surface area contributed by atoms with Gasteiger partial charge in [-0.05, 0) is 69.4 Å². The van der Waals surface area contributed by atoms with Gasteiger partial charge in [0, 0.05) is 25.2 Å². The number of carbonyl (C=O) groups excluding carboxylic acids is 1. The van der Waals surface area contributed by atoms with Gasteiger partial charge in [-0.3, -0.25) is 4.79 Å². The minimum absolute atomic E-state index is 0.00470. The molecule has 2 saturated heterocycles. The van der Waals surface area contributed by atoms with E-state index in [-0.39, 0.29) is 11.7 Å². The van der Waals surface area contributed by atoms with Gasteiger partial charge < -0.3 is 10.2 Å². The first kappa shape index (κ1) is 20.3. The average molecular weight is 394 g/mol. The van der Waals surface area contributed by atoms with Crippen molar-refractivity contribution in [3.8, 4) is 0 Å². The molecule has 2 fully saturated rings. The van der Waals surface area contributed by atoms with Crippen LogP contribution in [0.2, 0.25) is 0 Å². The third-order valence-electron chi connectivity index (χ3n) is 5.41. The van der Waals surface area contributed by atoms with E-state index in [1.807, 2.05) is 0 Å². The maximum absolute atomic E-state index is 12.5. The predicted octanol–water partition coefficient (Wildman–Crippen LogP) is 2.22. The molecule has 7 heteroatoms. The van der Waals surface area contributed by atoms with E-state index < -0.39 is 10.0 Å². The largest absolute Gasteiger partial charge is 0.352 e. The van der Waals surface area contributed by atoms with Gasteiger partial charge in [0.15, 0.2) is 0 Å². The topological polar surface area (TPSA) is 69.7 Å². The minimum Gasteiger partial charge on any atom is -0.352 e. The van der Waals surface area contributed by atoms with E-state index >= 15 is 0 Å². The molecule has 0 radical (unpaired) electrons. The highest BCUT2D eigenvalue weighted by Crippen LogP contribution is 2.17. The van der Waals surface area contributed by atoms with Gasteiger partial charge in [0.25, 0.3) is 5.91 Å². The van der Waals surface area contributed by atoms with E-state index in [9.17, 15) is 13.2 Å². The number of likely N-dealkylation sites (tertiary alicyclic amines) is 1. The fraction of sp³-hybridized carbons (Fsp3) is 0.650. The quantitative estimate of drug-likeness (QED) is 0.688. The molecule has 0 aliphatic carbocycles. The summed E-state index contributed by atoms with van der Waals surface area (Å²) >= 11 is 0. The molecule has 0 unspecified atom stereocenters. The molecule has 2 heterocycles. The Morgan fingerprint density at radius 3 is 2.22 bits per heavy atom. The number of carbonyl (C=O) groups is 1. The van der Waals surface area contributed by atoms with Gasteiger partial charge >= 0.3 is 0 Å². The Bertz CT molecular complexity index is 706. The molecule has 0 saturated carbocycles. The van der Waals surface area contributed by atoms with Crippen LogP contribution in [0.1, 0.15) is 54.4 Å². The summed E-state index contributed by atoms with van der Waals surface area (Å²) in [6, 6.07) is 6.94. The van der Waals surface area contributed by atoms with Gasteiger partial charge in [0.05, 0.1) is 5.75 Å². The molecule has 1 N–H and O–H groups in total. The Morgan fingerprint density at radius 2 is 1.56 bits per heavy atom. The third-order valence-corrected chi connectivity index (χ3v) is 7.26. The van der Waals surface area contributed by atoms with Crippen molar-refractivity contribution in [2.45, 2.75) is 44.3 Å². The molecule has 0 atom stereocenters. The first-order valence-electron chi connectivity index (χ1n) is 10.1. The highest BCUT2D eigenvalue weighted by molar-refractivity contribution is 7.88. The lowest BCUT2D eigenvalue weighted by atomic mass is 10.1. The van der Waals surface area contributed by atoms with Crippen molar-refractivity contribution in [3.63, 3.8) is 0 Å². The Balaban J connectivity index is 1.45. The first-order chi connectivity index (χ1) is 13.0. The second-order valence-electron chi connectivity index (χ2n) is 7.57. The van der Waals surface area contributed by atoms with Crippen molar-refractivity contribution in [3.05, 3.63) is 35.4 Å². The van der Waals surface area contributed by atoms with Crippen LogP contribution in [-0.4, -0.2) is 62.8 Å². The summed E-state index contributed by atoms with van der Waals surface area (Å²) in [4.78, 5) is 14.7. The van der Waals surface area contributed by atoms with Crippen molar-refractivity contribution in [1.82, 2.24) is 14.5 Å². The van der Waals surface area contributed by atoms with Gasteiger partial charge in [0.2, 0.25) is 10.0 Å². The van der Waals surface area contributed by atoms with Crippen LogP contribution in [-0.2, 0) is 15.8 Å². The van der Waals surface area contributed by atoms with E-state index in [2.05, 4.69) is 10.2 Å². The predicted molar refractivity (Wildman–Crippen MR) is 107 cm³/mol. The molecule has 150 valence electrons. The van der Waals surface area contributed by atoms with Crippen LogP contribution in [0, 0.1) is 0 Å². The second-order valence-corrected chi connectivity index (χ2v) is 9.54. The molecule has 1 amide bonds. The van der Waals surface area contributed by atoms with Crippen molar-refractivity contribution in [2.75, 3.05) is 39.3 Å². The summed E-state index contributed by atoms with van der Waals surface area (Å²) in [5.74, 6) is -0.0908. The Kier molecular flexibility index (Phi) is 7.26. The summed E-state index contributed by atoms with van der Waals surface area (Å²) in [5, 5.41) is 2.95. The number of amides is 1. The van der Waals surface area contributed by atoms with Crippen molar-refractivity contribution < 1.29 is 13.2 Å². The van der Waals surface area contributed by atoms with Crippen LogP contribution in [0.5, 0.6) is 0 Å². The molecule has 0 spiro atoms. The Morgan fingerprint density at radius 1 is 0.926 bits per heavy atom. The number of sulfonamides is 1. The van der Waals surface area contributed by atoms with Gasteiger partial charge in [-0.15, -0.1) is 0 Å². The molecule has 1 aromatic rings. The number of nitrogens with one attached hydrogen (secondary N) is 1. The number of nitrogens with zero attached hydrogens (tertiary/aromatic N) is 2. The number of benzene rings is 1. The minimum atomic E-state index is -3.27. The second kappa shape index (κ2) is 9.66. The average Bonchev–Trinajstić information content (AvgIpc) is 3.20. The lowest BCUT2D eigenvalue weighted by Gasteiger charge is -2.25. The van der Waals surface area contributed by atoms with Crippen LogP contribution in [0.25, 0.3) is 0 Å². The Labute approximate surface area is 163 Å². The number of rotatable bonds is 8. The molecule has 6 nitrogen and oxygen atoms in total. The third kappa shape index (κ3) is 6.02. The standard InChI is InChI=1S/C20H31N3O3S/c24-20(21-11-6-14-22-12-4-5-13-22)19-9-7-18(8-10-19)17-27(25,26)23-15-2-1-3-16-23/h7-10H,1-6,11-17H2,(H,21,24). The zero-order chi connectivity index (χ0) is 19.1. The van der Waals surface area contributed by atoms with Gasteiger partial charge in [-0.2, -0.15) is 0 Å². The van der Waals surface area contributed by atoms with Crippen molar-refractivity contribution in [1.29, 1.82) is 0 Å². The maximum atomic E-state index is 12.5. The molecular weight excluding hydrogens is 362 g/mol. The molecule has 2 aliphatic rings. The fourth-order valence-electron chi connectivity index (χ4n) is 3.81. The molecule has 27 heavy (non-hydrogen) atoms. The number of hydrogen-bond acceptors (Lipinski definition) is 4. The smallest absolute Gasteiger partial charge is 0.251 e. The van der Waals surface area contributed by atoms with Gasteiger partial charge in [-0.1, -0.05) is 18.6 Å². The van der Waals surface area contributed by atoms with E-state index in [0.717, 1.165) is 37.8 Å². The van der Waals surface area contributed by atoms with E-state index in [1.54, 1.807) is 28.6 Å². The summed E-state index contributed by atoms with van der Waals surface area (Å²) in [7, 11) is -3.27. The molecule has 0 aromatic heterocycles. The van der Waals surface area contributed by atoms with Gasteiger partial charge in [0.1, 0.15) is 0 Å². The van der Waals surface area contributed by atoms with Crippen molar-refractivity contribution >= 4 is 15.9 Å². The monoisotopic (exact) mass is 393 g/mol. The highest BCUT2D eigenvalue weighted by Gasteiger charge is 2.24. The molecule has 3 rings (SSSR count). The van der Waals surface area contributed by atoms with Crippen LogP contribution >= 0.6 is 0 Å². The molecule has 0 bridgehead atoms. The summed E-state index contributed by atoms with van der Waals surface area (Å²) in [6.45, 7) is 5.31. The normalized spacial score (nSPS) is 19.3. The number of piperidine rings is 1. The summed E-state index contributed by atoms with van der Waals surface area (Å²) in [6.07, 6.45) is 6.51. The summed E-state index contributed by atoms with van der Waals surface area (Å²) in [5.41, 5.74) is 1.31. The van der Waals surface area contributed by atoms with Crippen LogP contribution in [0.15, 0.2) is 24.3 Å². The van der Waals surface area contributed by atoms with Crippen LogP contribution in [0.3, 0.4) is 0 Å². The fourth-order valence-corrected chi connectivity index (χ4v) is 5.42. The van der Waals surface area contributed by atoms with Gasteiger partial charge in [-0.25, -0.2) is 12.7 Å². The molecule has 2 aliphatic heterocycles. The number of hydrogen-bond donors (Lipinski definition) is 1. The SMILES string of the molecule is O=C(NCCCN1CCCC1)c1ccc(CS(=O)(=O)N2CCCCC2)cc1. The zero-order valence-corrected chi connectivity index (χ0v) is 16.8. The highest BCUT2D eigenvalue weighted by atomic mass is 32.2. The first-order valence-corrected chi connectivity index (χ1v) is 11.7. The molecule has 1 aromatic carbocycles. The van der Waals surface area contributed by atoms with E-state index in [4.69, 9.17) is 0 Å². The summed E-state index contributed by atoms with van der Waals surface area (Å²) < 4.78 is 26.6. The lowest BCUT2D eigenvalue weighted by molar-refractivity contribution is 0.0952.